The van der Waals surface area contributed by atoms with Gasteiger partial charge in [0, 0.05) is 31.2 Å². The molecule has 3 heterocycles. The van der Waals surface area contributed by atoms with Crippen LogP contribution in [0, 0.1) is 0 Å². The van der Waals surface area contributed by atoms with Crippen LogP contribution < -0.4 is 9.80 Å². The van der Waals surface area contributed by atoms with Gasteiger partial charge in [0.15, 0.2) is 0 Å². The van der Waals surface area contributed by atoms with Crippen LogP contribution in [0.1, 0.15) is 52.4 Å². The van der Waals surface area contributed by atoms with Crippen LogP contribution in [-0.2, 0) is 0 Å². The summed E-state index contributed by atoms with van der Waals surface area (Å²) in [6.45, 7) is 5.69. The molecule has 2 N–H and O–H groups in total. The Kier molecular flexibility index (Phi) is 5.56. The lowest BCUT2D eigenvalue weighted by atomic mass is 10.1. The van der Waals surface area contributed by atoms with E-state index in [-0.39, 0.29) is 12.2 Å². The molecule has 0 bridgehead atoms. The van der Waals surface area contributed by atoms with E-state index in [4.69, 9.17) is 0 Å². The average molecular weight is 334 g/mol. The van der Waals surface area contributed by atoms with Gasteiger partial charge in [0.25, 0.3) is 0 Å². The summed E-state index contributed by atoms with van der Waals surface area (Å²) in [5, 5.41) is 19.5. The van der Waals surface area contributed by atoms with Gasteiger partial charge in [-0.1, -0.05) is 0 Å². The lowest BCUT2D eigenvalue weighted by Gasteiger charge is -2.29. The second-order valence-electron chi connectivity index (χ2n) is 7.38. The van der Waals surface area contributed by atoms with Gasteiger partial charge in [0.1, 0.15) is 18.0 Å². The molecule has 3 rings (SSSR count). The molecule has 0 amide bonds. The molecule has 6 heteroatoms. The van der Waals surface area contributed by atoms with E-state index in [1.807, 2.05) is 13.8 Å². The van der Waals surface area contributed by atoms with Crippen molar-refractivity contribution in [3.8, 4) is 0 Å². The van der Waals surface area contributed by atoms with E-state index in [1.54, 1.807) is 6.33 Å². The fourth-order valence-electron chi connectivity index (χ4n) is 4.20. The normalized spacial score (nSPS) is 26.8. The molecule has 0 saturated carbocycles. The monoisotopic (exact) mass is 334 g/mol. The number of nitrogens with zero attached hydrogens (tertiary/aromatic N) is 4. The van der Waals surface area contributed by atoms with Gasteiger partial charge in [-0.3, -0.25) is 0 Å². The first-order valence-corrected chi connectivity index (χ1v) is 9.26. The minimum atomic E-state index is -0.286. The zero-order valence-corrected chi connectivity index (χ0v) is 14.8. The predicted octanol–water partition coefficient (Wildman–Crippen LogP) is 1.96. The SMILES string of the molecule is C[C@H](O)C[C@@H]1CCCN1c1cc(N2CCC[C@H]2C[C@@H](C)O)ncn1. The summed E-state index contributed by atoms with van der Waals surface area (Å²) in [5.41, 5.74) is 0. The maximum atomic E-state index is 9.73. The highest BCUT2D eigenvalue weighted by Gasteiger charge is 2.30. The molecule has 0 aromatic carbocycles. The van der Waals surface area contributed by atoms with Crippen LogP contribution in [0.2, 0.25) is 0 Å². The third kappa shape index (κ3) is 3.98. The molecule has 0 radical (unpaired) electrons. The van der Waals surface area contributed by atoms with E-state index >= 15 is 0 Å². The average Bonchev–Trinajstić information content (AvgIpc) is 3.15. The van der Waals surface area contributed by atoms with Gasteiger partial charge in [0.05, 0.1) is 12.2 Å². The van der Waals surface area contributed by atoms with Gasteiger partial charge in [-0.25, -0.2) is 9.97 Å². The zero-order chi connectivity index (χ0) is 17.1. The summed E-state index contributed by atoms with van der Waals surface area (Å²) >= 11 is 0. The fraction of sp³-hybridized carbons (Fsp3) is 0.778. The molecule has 2 fully saturated rings. The lowest BCUT2D eigenvalue weighted by molar-refractivity contribution is 0.174. The predicted molar refractivity (Wildman–Crippen MR) is 95.4 cm³/mol. The van der Waals surface area contributed by atoms with Crippen LogP contribution in [0.15, 0.2) is 12.4 Å². The molecule has 134 valence electrons. The maximum Gasteiger partial charge on any atom is 0.134 e. The van der Waals surface area contributed by atoms with E-state index in [0.717, 1.165) is 63.3 Å². The number of aliphatic hydroxyl groups is 2. The number of aromatic nitrogens is 2. The van der Waals surface area contributed by atoms with Crippen LogP contribution in [0.4, 0.5) is 11.6 Å². The lowest BCUT2D eigenvalue weighted by Crippen LogP contribution is -2.34. The largest absolute Gasteiger partial charge is 0.393 e. The summed E-state index contributed by atoms with van der Waals surface area (Å²) in [5.74, 6) is 1.93. The zero-order valence-electron chi connectivity index (χ0n) is 14.8. The van der Waals surface area contributed by atoms with E-state index in [2.05, 4.69) is 25.8 Å². The van der Waals surface area contributed by atoms with Crippen LogP contribution in [0.5, 0.6) is 0 Å². The first-order valence-electron chi connectivity index (χ1n) is 9.26. The van der Waals surface area contributed by atoms with Crippen molar-refractivity contribution in [1.29, 1.82) is 0 Å². The van der Waals surface area contributed by atoms with E-state index in [9.17, 15) is 10.2 Å². The molecule has 4 atom stereocenters. The molecular weight excluding hydrogens is 304 g/mol. The van der Waals surface area contributed by atoms with E-state index in [1.165, 1.54) is 0 Å². The number of rotatable bonds is 6. The fourth-order valence-corrected chi connectivity index (χ4v) is 4.20. The summed E-state index contributed by atoms with van der Waals surface area (Å²) in [7, 11) is 0. The van der Waals surface area contributed by atoms with Gasteiger partial charge in [0.2, 0.25) is 0 Å². The van der Waals surface area contributed by atoms with Crippen molar-refractivity contribution in [2.45, 2.75) is 76.7 Å². The van der Waals surface area contributed by atoms with Crippen LogP contribution in [-0.4, -0.2) is 57.6 Å². The molecule has 1 aromatic rings. The third-order valence-electron chi connectivity index (χ3n) is 5.21. The molecule has 24 heavy (non-hydrogen) atoms. The molecule has 1 aromatic heterocycles. The van der Waals surface area contributed by atoms with Crippen molar-refractivity contribution < 1.29 is 10.2 Å². The van der Waals surface area contributed by atoms with Gasteiger partial charge in [-0.05, 0) is 52.4 Å². The minimum absolute atomic E-state index is 0.286. The summed E-state index contributed by atoms with van der Waals surface area (Å²) < 4.78 is 0. The highest BCUT2D eigenvalue weighted by Crippen LogP contribution is 2.31. The Morgan fingerprint density at radius 1 is 0.958 bits per heavy atom. The Morgan fingerprint density at radius 2 is 1.42 bits per heavy atom. The number of anilines is 2. The Hall–Kier alpha value is -1.40. The highest BCUT2D eigenvalue weighted by atomic mass is 16.3. The summed E-state index contributed by atoms with van der Waals surface area (Å²) in [6, 6.07) is 2.81. The first-order chi connectivity index (χ1) is 11.5. The summed E-state index contributed by atoms with van der Waals surface area (Å²) in [4.78, 5) is 13.6. The third-order valence-corrected chi connectivity index (χ3v) is 5.21. The molecule has 0 unspecified atom stereocenters. The van der Waals surface area contributed by atoms with Gasteiger partial charge in [-0.2, -0.15) is 0 Å². The first kappa shape index (κ1) is 17.4. The van der Waals surface area contributed by atoms with Crippen LogP contribution >= 0.6 is 0 Å². The number of hydrogen-bond donors (Lipinski definition) is 2. The quantitative estimate of drug-likeness (QED) is 0.828. The minimum Gasteiger partial charge on any atom is -0.393 e. The van der Waals surface area contributed by atoms with Crippen molar-refractivity contribution in [2.24, 2.45) is 0 Å². The standard InChI is InChI=1S/C18H30N4O2/c1-13(23)9-15-5-3-7-21(15)17-11-18(20-12-19-17)22-8-4-6-16(22)10-14(2)24/h11-16,23-24H,3-10H2,1-2H3/t13-,14+,15-,16-/m0/s1. The van der Waals surface area contributed by atoms with Crippen molar-refractivity contribution >= 4 is 11.6 Å². The van der Waals surface area contributed by atoms with Crippen molar-refractivity contribution in [1.82, 2.24) is 9.97 Å². The molecule has 0 aliphatic carbocycles. The second-order valence-corrected chi connectivity index (χ2v) is 7.38. The van der Waals surface area contributed by atoms with Crippen LogP contribution in [0.25, 0.3) is 0 Å². The molecule has 2 saturated heterocycles. The Bertz CT molecular complexity index is 494. The molecular formula is C18H30N4O2. The van der Waals surface area contributed by atoms with Gasteiger partial charge >= 0.3 is 0 Å². The Balaban J connectivity index is 1.76. The maximum absolute atomic E-state index is 9.73. The topological polar surface area (TPSA) is 72.7 Å². The van der Waals surface area contributed by atoms with Crippen molar-refractivity contribution in [3.05, 3.63) is 12.4 Å². The molecule has 2 aliphatic rings. The van der Waals surface area contributed by atoms with Crippen molar-refractivity contribution in [2.75, 3.05) is 22.9 Å². The van der Waals surface area contributed by atoms with E-state index in [0.29, 0.717) is 12.1 Å². The molecule has 2 aliphatic heterocycles. The molecule has 0 spiro atoms. The Labute approximate surface area is 144 Å². The second kappa shape index (κ2) is 7.66. The molecule has 6 nitrogen and oxygen atoms in total. The van der Waals surface area contributed by atoms with Gasteiger partial charge in [-0.15, -0.1) is 0 Å². The highest BCUT2D eigenvalue weighted by molar-refractivity contribution is 5.52. The van der Waals surface area contributed by atoms with E-state index < -0.39 is 0 Å². The summed E-state index contributed by atoms with van der Waals surface area (Å²) in [6.07, 6.45) is 7.16. The van der Waals surface area contributed by atoms with Crippen molar-refractivity contribution in [3.63, 3.8) is 0 Å². The Morgan fingerprint density at radius 3 is 1.83 bits per heavy atom. The smallest absolute Gasteiger partial charge is 0.134 e. The number of aliphatic hydroxyl groups excluding tert-OH is 2. The van der Waals surface area contributed by atoms with Crippen LogP contribution in [0.3, 0.4) is 0 Å². The van der Waals surface area contributed by atoms with Gasteiger partial charge < -0.3 is 20.0 Å². The number of hydrogen-bond acceptors (Lipinski definition) is 6.